The van der Waals surface area contributed by atoms with Crippen LogP contribution >= 0.6 is 0 Å². The van der Waals surface area contributed by atoms with Crippen LogP contribution in [-0.2, 0) is 4.79 Å². The summed E-state index contributed by atoms with van der Waals surface area (Å²) in [5, 5.41) is 6.24. The first-order valence-electron chi connectivity index (χ1n) is 8.28. The van der Waals surface area contributed by atoms with Gasteiger partial charge in [0.15, 0.2) is 0 Å². The molecule has 1 amide bonds. The summed E-state index contributed by atoms with van der Waals surface area (Å²) in [6.07, 6.45) is 0.354. The number of aryl methyl sites for hydroxylation is 3. The molecule has 0 aliphatic rings. The highest BCUT2D eigenvalue weighted by atomic mass is 16.5. The second-order valence-electron chi connectivity index (χ2n) is 6.06. The molecule has 5 heteroatoms. The zero-order valence-electron chi connectivity index (χ0n) is 15.5. The van der Waals surface area contributed by atoms with Crippen molar-refractivity contribution in [1.29, 1.82) is 0 Å². The number of carbonyl (C=O) groups is 1. The Hall–Kier alpha value is -2.69. The molecule has 2 aromatic carbocycles. The van der Waals surface area contributed by atoms with Gasteiger partial charge in [-0.05, 0) is 44.0 Å². The average Bonchev–Trinajstić information content (AvgIpc) is 2.57. The largest absolute Gasteiger partial charge is 0.497 e. The van der Waals surface area contributed by atoms with Gasteiger partial charge in [-0.15, -0.1) is 0 Å². The third-order valence-electron chi connectivity index (χ3n) is 4.01. The third kappa shape index (κ3) is 4.89. The van der Waals surface area contributed by atoms with E-state index in [1.807, 2.05) is 0 Å². The maximum Gasteiger partial charge on any atom is 0.226 e. The lowest BCUT2D eigenvalue weighted by molar-refractivity contribution is -0.116. The average molecular weight is 342 g/mol. The topological polar surface area (TPSA) is 59.6 Å². The van der Waals surface area contributed by atoms with Crippen LogP contribution in [0.5, 0.6) is 11.5 Å². The Kier molecular flexibility index (Phi) is 6.28. The van der Waals surface area contributed by atoms with Crippen LogP contribution in [0.15, 0.2) is 30.3 Å². The van der Waals surface area contributed by atoms with E-state index in [0.717, 1.165) is 5.69 Å². The zero-order chi connectivity index (χ0) is 18.4. The van der Waals surface area contributed by atoms with Gasteiger partial charge in [0.2, 0.25) is 5.91 Å². The van der Waals surface area contributed by atoms with Gasteiger partial charge in [0.1, 0.15) is 11.5 Å². The zero-order valence-corrected chi connectivity index (χ0v) is 15.5. The van der Waals surface area contributed by atoms with Crippen molar-refractivity contribution in [2.75, 3.05) is 31.4 Å². The number of carbonyl (C=O) groups excluding carboxylic acids is 1. The van der Waals surface area contributed by atoms with E-state index in [-0.39, 0.29) is 5.91 Å². The molecule has 0 bridgehead atoms. The van der Waals surface area contributed by atoms with Gasteiger partial charge in [-0.25, -0.2) is 0 Å². The first-order valence-corrected chi connectivity index (χ1v) is 8.28. The minimum absolute atomic E-state index is 0.0820. The highest BCUT2D eigenvalue weighted by Crippen LogP contribution is 2.29. The van der Waals surface area contributed by atoms with Crippen LogP contribution in [0.1, 0.15) is 23.1 Å². The number of hydrogen-bond acceptors (Lipinski definition) is 4. The number of nitrogens with one attached hydrogen (secondary N) is 2. The summed E-state index contributed by atoms with van der Waals surface area (Å²) in [7, 11) is 3.16. The summed E-state index contributed by atoms with van der Waals surface area (Å²) in [4.78, 5) is 12.2. The number of methoxy groups -OCH3 is 2. The van der Waals surface area contributed by atoms with Gasteiger partial charge in [-0.2, -0.15) is 0 Å². The van der Waals surface area contributed by atoms with E-state index in [0.29, 0.717) is 30.2 Å². The molecule has 25 heavy (non-hydrogen) atoms. The lowest BCUT2D eigenvalue weighted by Crippen LogP contribution is -2.17. The molecule has 5 nitrogen and oxygen atoms in total. The molecule has 0 heterocycles. The first-order chi connectivity index (χ1) is 11.9. The first kappa shape index (κ1) is 18.6. The molecule has 2 N–H and O–H groups in total. The normalized spacial score (nSPS) is 10.3. The maximum atomic E-state index is 12.2. The van der Waals surface area contributed by atoms with Crippen molar-refractivity contribution >= 4 is 17.3 Å². The van der Waals surface area contributed by atoms with Gasteiger partial charge < -0.3 is 20.1 Å². The monoisotopic (exact) mass is 342 g/mol. The molecule has 0 atom stereocenters. The summed E-state index contributed by atoms with van der Waals surface area (Å²) in [6.45, 7) is 6.79. The van der Waals surface area contributed by atoms with Crippen molar-refractivity contribution in [3.05, 3.63) is 47.0 Å². The quantitative estimate of drug-likeness (QED) is 0.796. The van der Waals surface area contributed by atoms with Crippen molar-refractivity contribution in [3.8, 4) is 11.5 Å². The number of hydrogen-bond donors (Lipinski definition) is 2. The minimum atomic E-state index is -0.0820. The van der Waals surface area contributed by atoms with Crippen molar-refractivity contribution in [2.24, 2.45) is 0 Å². The highest BCUT2D eigenvalue weighted by Gasteiger charge is 2.10. The van der Waals surface area contributed by atoms with Crippen LogP contribution < -0.4 is 20.1 Å². The molecule has 2 aromatic rings. The molecule has 2 rings (SSSR count). The second-order valence-corrected chi connectivity index (χ2v) is 6.06. The Bertz CT molecular complexity index is 734. The van der Waals surface area contributed by atoms with Crippen LogP contribution in [0.4, 0.5) is 11.4 Å². The molecular formula is C20H26N2O3. The van der Waals surface area contributed by atoms with Crippen LogP contribution in [-0.4, -0.2) is 26.7 Å². The van der Waals surface area contributed by atoms with Gasteiger partial charge in [0, 0.05) is 24.7 Å². The number of benzene rings is 2. The fourth-order valence-electron chi connectivity index (χ4n) is 2.88. The van der Waals surface area contributed by atoms with Crippen molar-refractivity contribution in [3.63, 3.8) is 0 Å². The fourth-order valence-corrected chi connectivity index (χ4v) is 2.88. The Morgan fingerprint density at radius 3 is 2.28 bits per heavy atom. The summed E-state index contributed by atoms with van der Waals surface area (Å²) < 4.78 is 10.5. The molecule has 0 aromatic heterocycles. The van der Waals surface area contributed by atoms with Crippen molar-refractivity contribution < 1.29 is 14.3 Å². The lowest BCUT2D eigenvalue weighted by atomic mass is 10.1. The predicted octanol–water partition coefficient (Wildman–Crippen LogP) is 4.07. The van der Waals surface area contributed by atoms with Crippen LogP contribution in [0.25, 0.3) is 0 Å². The van der Waals surface area contributed by atoms with E-state index in [2.05, 4.69) is 43.5 Å². The molecule has 0 aliphatic heterocycles. The van der Waals surface area contributed by atoms with Crippen LogP contribution in [0, 0.1) is 20.8 Å². The Labute approximate surface area is 149 Å². The number of ether oxygens (including phenoxy) is 2. The van der Waals surface area contributed by atoms with Crippen LogP contribution in [0.2, 0.25) is 0 Å². The van der Waals surface area contributed by atoms with E-state index >= 15 is 0 Å². The third-order valence-corrected chi connectivity index (χ3v) is 4.01. The van der Waals surface area contributed by atoms with Gasteiger partial charge in [0.25, 0.3) is 0 Å². The maximum absolute atomic E-state index is 12.2. The highest BCUT2D eigenvalue weighted by molar-refractivity contribution is 5.92. The van der Waals surface area contributed by atoms with Gasteiger partial charge >= 0.3 is 0 Å². The molecule has 0 saturated heterocycles. The summed E-state index contributed by atoms with van der Waals surface area (Å²) in [5.41, 5.74) is 5.31. The van der Waals surface area contributed by atoms with E-state index in [1.54, 1.807) is 32.4 Å². The van der Waals surface area contributed by atoms with E-state index in [4.69, 9.17) is 9.47 Å². The summed E-state index contributed by atoms with van der Waals surface area (Å²) in [6, 6.07) is 9.58. The Balaban J connectivity index is 1.96. The number of rotatable bonds is 7. The van der Waals surface area contributed by atoms with Crippen molar-refractivity contribution in [1.82, 2.24) is 0 Å². The molecular weight excluding hydrogens is 316 g/mol. The molecule has 0 aliphatic carbocycles. The molecule has 0 fully saturated rings. The number of anilines is 2. The predicted molar refractivity (Wildman–Crippen MR) is 102 cm³/mol. The minimum Gasteiger partial charge on any atom is -0.497 e. The summed E-state index contributed by atoms with van der Waals surface area (Å²) in [5.74, 6) is 1.19. The molecule has 0 unspecified atom stereocenters. The molecule has 0 spiro atoms. The fraction of sp³-hybridized carbons (Fsp3) is 0.350. The van der Waals surface area contributed by atoms with Crippen LogP contribution in [0.3, 0.4) is 0 Å². The standard InChI is InChI=1S/C20H26N2O3/c1-13-10-14(2)20(15(3)11-13)21-9-8-19(23)22-17-12-16(24-4)6-7-18(17)25-5/h6-7,10-12,21H,8-9H2,1-5H3,(H,22,23). The van der Waals surface area contributed by atoms with Gasteiger partial charge in [0.05, 0.1) is 19.9 Å². The van der Waals surface area contributed by atoms with Gasteiger partial charge in [-0.3, -0.25) is 4.79 Å². The van der Waals surface area contributed by atoms with E-state index in [1.165, 1.54) is 16.7 Å². The van der Waals surface area contributed by atoms with E-state index in [9.17, 15) is 4.79 Å². The van der Waals surface area contributed by atoms with Crippen molar-refractivity contribution in [2.45, 2.75) is 27.2 Å². The smallest absolute Gasteiger partial charge is 0.226 e. The second kappa shape index (κ2) is 8.42. The number of amides is 1. The summed E-state index contributed by atoms with van der Waals surface area (Å²) >= 11 is 0. The Morgan fingerprint density at radius 1 is 1.00 bits per heavy atom. The molecule has 134 valence electrons. The SMILES string of the molecule is COc1ccc(OC)c(NC(=O)CCNc2c(C)cc(C)cc2C)c1. The lowest BCUT2D eigenvalue weighted by Gasteiger charge is -2.14. The Morgan fingerprint density at radius 2 is 1.68 bits per heavy atom. The van der Waals surface area contributed by atoms with Gasteiger partial charge in [-0.1, -0.05) is 17.7 Å². The molecule has 0 saturated carbocycles. The van der Waals surface area contributed by atoms with E-state index < -0.39 is 0 Å². The molecule has 0 radical (unpaired) electrons.